The normalized spacial score (nSPS) is 18.1. The molecule has 7 rings (SSSR count). The van der Waals surface area contributed by atoms with Crippen LogP contribution in [0.2, 0.25) is 0 Å². The number of piperazine rings is 2. The number of rotatable bonds is 8. The molecular weight excluding hydrogens is 560 g/mol. The Bertz CT molecular complexity index is 1400. The van der Waals surface area contributed by atoms with Gasteiger partial charge in [0.15, 0.2) is 23.0 Å². The van der Waals surface area contributed by atoms with E-state index in [0.717, 1.165) is 73.4 Å². The van der Waals surface area contributed by atoms with Gasteiger partial charge in [-0.25, -0.2) is 0 Å². The maximum absolute atomic E-state index is 13.1. The Morgan fingerprint density at radius 3 is 1.39 bits per heavy atom. The molecule has 0 aliphatic carbocycles. The smallest absolute Gasteiger partial charge is 0.231 e. The zero-order valence-corrected chi connectivity index (χ0v) is 24.9. The SMILES string of the molecule is O=C(Cc1cccc(CC(=O)N2CCN(Cc3ccc4c(c3)OCO4)CC2)c1)N1CCN(Cc2ccc3c(c2)OCO3)CC1. The topological polar surface area (TPSA) is 84.0 Å². The molecule has 4 aliphatic heterocycles. The average molecular weight is 599 g/mol. The van der Waals surface area contributed by atoms with E-state index in [1.807, 2.05) is 58.3 Å². The van der Waals surface area contributed by atoms with E-state index in [2.05, 4.69) is 21.9 Å². The summed E-state index contributed by atoms with van der Waals surface area (Å²) in [4.78, 5) is 34.9. The second-order valence-corrected chi connectivity index (χ2v) is 11.9. The molecule has 0 bridgehead atoms. The molecule has 0 radical (unpaired) electrons. The number of ether oxygens (including phenoxy) is 4. The van der Waals surface area contributed by atoms with Gasteiger partial charge in [-0.05, 0) is 46.5 Å². The molecule has 10 heteroatoms. The first-order valence-corrected chi connectivity index (χ1v) is 15.4. The number of carbonyl (C=O) groups is 2. The fourth-order valence-corrected chi connectivity index (χ4v) is 6.33. The summed E-state index contributed by atoms with van der Waals surface area (Å²) in [6, 6.07) is 20.1. The van der Waals surface area contributed by atoms with Crippen molar-refractivity contribution in [2.45, 2.75) is 25.9 Å². The summed E-state index contributed by atoms with van der Waals surface area (Å²) < 4.78 is 21.8. The molecule has 3 aromatic carbocycles. The predicted molar refractivity (Wildman–Crippen MR) is 163 cm³/mol. The van der Waals surface area contributed by atoms with Crippen LogP contribution in [0.3, 0.4) is 0 Å². The van der Waals surface area contributed by atoms with Crippen molar-refractivity contribution in [2.24, 2.45) is 0 Å². The Hall–Kier alpha value is -4.28. The van der Waals surface area contributed by atoms with E-state index in [-0.39, 0.29) is 25.4 Å². The summed E-state index contributed by atoms with van der Waals surface area (Å²) in [7, 11) is 0. The van der Waals surface area contributed by atoms with Crippen molar-refractivity contribution in [2.75, 3.05) is 65.9 Å². The lowest BCUT2D eigenvalue weighted by atomic mass is 10.0. The van der Waals surface area contributed by atoms with Crippen molar-refractivity contribution < 1.29 is 28.5 Å². The molecule has 3 aromatic rings. The third-order valence-electron chi connectivity index (χ3n) is 8.84. The van der Waals surface area contributed by atoms with Gasteiger partial charge in [0.05, 0.1) is 12.8 Å². The van der Waals surface area contributed by atoms with Gasteiger partial charge in [-0.1, -0.05) is 36.4 Å². The van der Waals surface area contributed by atoms with Crippen molar-refractivity contribution in [3.63, 3.8) is 0 Å². The minimum atomic E-state index is 0.134. The van der Waals surface area contributed by atoms with E-state index >= 15 is 0 Å². The van der Waals surface area contributed by atoms with Crippen LogP contribution in [-0.4, -0.2) is 97.4 Å². The van der Waals surface area contributed by atoms with E-state index in [0.29, 0.717) is 39.0 Å². The summed E-state index contributed by atoms with van der Waals surface area (Å²) >= 11 is 0. The zero-order valence-electron chi connectivity index (χ0n) is 24.9. The van der Waals surface area contributed by atoms with Crippen LogP contribution in [0.1, 0.15) is 22.3 Å². The summed E-state index contributed by atoms with van der Waals surface area (Å²) in [5, 5.41) is 0. The van der Waals surface area contributed by atoms with Crippen molar-refractivity contribution in [3.05, 3.63) is 82.9 Å². The molecule has 10 nitrogen and oxygen atoms in total. The second kappa shape index (κ2) is 12.8. The van der Waals surface area contributed by atoms with E-state index < -0.39 is 0 Å². The van der Waals surface area contributed by atoms with E-state index in [1.54, 1.807) is 0 Å². The fourth-order valence-electron chi connectivity index (χ4n) is 6.33. The van der Waals surface area contributed by atoms with Gasteiger partial charge >= 0.3 is 0 Å². The van der Waals surface area contributed by atoms with Crippen molar-refractivity contribution >= 4 is 11.8 Å². The van der Waals surface area contributed by atoms with E-state index in [1.165, 1.54) is 11.1 Å². The highest BCUT2D eigenvalue weighted by Crippen LogP contribution is 2.34. The molecule has 0 unspecified atom stereocenters. The van der Waals surface area contributed by atoms with Gasteiger partial charge in [-0.3, -0.25) is 19.4 Å². The number of amides is 2. The van der Waals surface area contributed by atoms with Gasteiger partial charge in [0.1, 0.15) is 0 Å². The molecule has 0 atom stereocenters. The quantitative estimate of drug-likeness (QED) is 0.392. The lowest BCUT2D eigenvalue weighted by molar-refractivity contribution is -0.133. The monoisotopic (exact) mass is 598 g/mol. The molecule has 2 amide bonds. The Morgan fingerprint density at radius 2 is 0.932 bits per heavy atom. The summed E-state index contributed by atoms with van der Waals surface area (Å²) in [6.45, 7) is 8.37. The van der Waals surface area contributed by atoms with Crippen molar-refractivity contribution in [1.82, 2.24) is 19.6 Å². The Kier molecular flexibility index (Phi) is 8.26. The number of benzene rings is 3. The highest BCUT2D eigenvalue weighted by atomic mass is 16.7. The van der Waals surface area contributed by atoms with Crippen LogP contribution >= 0.6 is 0 Å². The van der Waals surface area contributed by atoms with Gasteiger partial charge in [0, 0.05) is 65.4 Å². The average Bonchev–Trinajstić information content (AvgIpc) is 3.71. The van der Waals surface area contributed by atoms with Gasteiger partial charge < -0.3 is 28.7 Å². The number of hydrogen-bond acceptors (Lipinski definition) is 8. The predicted octanol–water partition coefficient (Wildman–Crippen LogP) is 2.92. The van der Waals surface area contributed by atoms with Crippen molar-refractivity contribution in [1.29, 1.82) is 0 Å². The number of carbonyl (C=O) groups excluding carboxylic acids is 2. The van der Waals surface area contributed by atoms with Crippen molar-refractivity contribution in [3.8, 4) is 23.0 Å². The van der Waals surface area contributed by atoms with E-state index in [9.17, 15) is 9.59 Å². The standard InChI is InChI=1S/C34H38N4O6/c39-33(37-12-8-35(9-13-37)21-27-4-6-29-31(17-27)43-23-41-29)19-25-2-1-3-26(16-25)20-34(40)38-14-10-36(11-15-38)22-28-5-7-30-32(18-28)44-24-42-30/h1-7,16-18H,8-15,19-24H2. The Balaban J connectivity index is 0.850. The lowest BCUT2D eigenvalue weighted by Crippen LogP contribution is -2.48. The minimum Gasteiger partial charge on any atom is -0.454 e. The maximum atomic E-state index is 13.1. The molecule has 230 valence electrons. The van der Waals surface area contributed by atoms with Gasteiger partial charge in [0.25, 0.3) is 0 Å². The van der Waals surface area contributed by atoms with Crippen LogP contribution in [0.15, 0.2) is 60.7 Å². The van der Waals surface area contributed by atoms with Crippen LogP contribution < -0.4 is 18.9 Å². The maximum Gasteiger partial charge on any atom is 0.231 e. The van der Waals surface area contributed by atoms with Crippen LogP contribution in [0, 0.1) is 0 Å². The molecule has 0 spiro atoms. The number of hydrogen-bond donors (Lipinski definition) is 0. The van der Waals surface area contributed by atoms with Crippen LogP contribution in [-0.2, 0) is 35.5 Å². The van der Waals surface area contributed by atoms with Gasteiger partial charge in [-0.2, -0.15) is 0 Å². The molecule has 0 aromatic heterocycles. The molecule has 4 aliphatic rings. The third-order valence-corrected chi connectivity index (χ3v) is 8.84. The summed E-state index contributed by atoms with van der Waals surface area (Å²) in [5.41, 5.74) is 4.28. The highest BCUT2D eigenvalue weighted by Gasteiger charge is 2.24. The molecule has 0 saturated carbocycles. The van der Waals surface area contributed by atoms with Gasteiger partial charge in [-0.15, -0.1) is 0 Å². The molecule has 0 N–H and O–H groups in total. The van der Waals surface area contributed by atoms with E-state index in [4.69, 9.17) is 18.9 Å². The molecule has 44 heavy (non-hydrogen) atoms. The third kappa shape index (κ3) is 6.61. The molecular formula is C34H38N4O6. The Labute approximate surface area is 257 Å². The van der Waals surface area contributed by atoms with Crippen LogP contribution in [0.5, 0.6) is 23.0 Å². The highest BCUT2D eigenvalue weighted by molar-refractivity contribution is 5.80. The molecule has 2 saturated heterocycles. The Morgan fingerprint density at radius 1 is 0.500 bits per heavy atom. The summed E-state index contributed by atoms with van der Waals surface area (Å²) in [6.07, 6.45) is 0.700. The fraction of sp³-hybridized carbons (Fsp3) is 0.412. The number of fused-ring (bicyclic) bond motifs is 2. The van der Waals surface area contributed by atoms with Crippen LogP contribution in [0.4, 0.5) is 0 Å². The largest absolute Gasteiger partial charge is 0.454 e. The first-order valence-electron chi connectivity index (χ1n) is 15.4. The van der Waals surface area contributed by atoms with Crippen LogP contribution in [0.25, 0.3) is 0 Å². The first kappa shape index (κ1) is 28.5. The van der Waals surface area contributed by atoms with Gasteiger partial charge in [0.2, 0.25) is 25.4 Å². The lowest BCUT2D eigenvalue weighted by Gasteiger charge is -2.35. The number of nitrogens with zero attached hydrogens (tertiary/aromatic N) is 4. The molecule has 2 fully saturated rings. The second-order valence-electron chi connectivity index (χ2n) is 11.9. The zero-order chi connectivity index (χ0) is 29.9. The summed E-state index contributed by atoms with van der Waals surface area (Å²) in [5.74, 6) is 3.47. The minimum absolute atomic E-state index is 0.134. The molecule has 4 heterocycles. The first-order chi connectivity index (χ1) is 21.6.